The first-order valence-electron chi connectivity index (χ1n) is 4.96. The van der Waals surface area contributed by atoms with Crippen LogP contribution in [-0.2, 0) is 0 Å². The van der Waals surface area contributed by atoms with Gasteiger partial charge in [-0.1, -0.05) is 0 Å². The highest BCUT2D eigenvalue weighted by Gasteiger charge is 2.07. The van der Waals surface area contributed by atoms with Gasteiger partial charge in [-0.05, 0) is 33.2 Å². The Bertz CT molecular complexity index is 336. The van der Waals surface area contributed by atoms with Crippen molar-refractivity contribution in [1.82, 2.24) is 15.2 Å². The monoisotopic (exact) mass is 207 g/mol. The van der Waals surface area contributed by atoms with E-state index in [4.69, 9.17) is 0 Å². The van der Waals surface area contributed by atoms with Crippen molar-refractivity contribution >= 4 is 5.91 Å². The molecule has 1 aromatic heterocycles. The number of hydrogen-bond donors (Lipinski definition) is 1. The molecule has 1 heterocycles. The molecule has 1 amide bonds. The summed E-state index contributed by atoms with van der Waals surface area (Å²) in [6.45, 7) is 3.33. The van der Waals surface area contributed by atoms with Crippen LogP contribution in [0.1, 0.15) is 16.1 Å². The minimum atomic E-state index is -0.0533. The van der Waals surface area contributed by atoms with Crippen LogP contribution in [-0.4, -0.2) is 43.0 Å². The molecule has 0 atom stereocenters. The van der Waals surface area contributed by atoms with E-state index >= 15 is 0 Å². The lowest BCUT2D eigenvalue weighted by molar-refractivity contribution is 0.0950. The van der Waals surface area contributed by atoms with Crippen molar-refractivity contribution in [3.8, 4) is 0 Å². The number of hydrogen-bond acceptors (Lipinski definition) is 3. The molecule has 15 heavy (non-hydrogen) atoms. The number of amides is 1. The van der Waals surface area contributed by atoms with Gasteiger partial charge >= 0.3 is 0 Å². The Morgan fingerprint density at radius 2 is 2.27 bits per heavy atom. The lowest BCUT2D eigenvalue weighted by atomic mass is 10.2. The van der Waals surface area contributed by atoms with Gasteiger partial charge in [0.1, 0.15) is 0 Å². The maximum atomic E-state index is 11.7. The van der Waals surface area contributed by atoms with Crippen LogP contribution in [0.25, 0.3) is 0 Å². The molecule has 0 unspecified atom stereocenters. The zero-order valence-corrected chi connectivity index (χ0v) is 9.45. The van der Waals surface area contributed by atoms with E-state index in [0.29, 0.717) is 12.1 Å². The number of aryl methyl sites for hydroxylation is 1. The molecule has 0 aliphatic carbocycles. The summed E-state index contributed by atoms with van der Waals surface area (Å²) in [6, 6.07) is 3.56. The van der Waals surface area contributed by atoms with Gasteiger partial charge in [-0.3, -0.25) is 9.78 Å². The Hall–Kier alpha value is -1.42. The number of aromatic nitrogens is 1. The van der Waals surface area contributed by atoms with Crippen molar-refractivity contribution in [2.24, 2.45) is 0 Å². The molecule has 82 valence electrons. The molecule has 4 nitrogen and oxygen atoms in total. The molecule has 0 aliphatic rings. The second-order valence-electron chi connectivity index (χ2n) is 3.70. The molecular formula is C11H17N3O. The summed E-state index contributed by atoms with van der Waals surface area (Å²) in [5.41, 5.74) is 1.41. The Kier molecular flexibility index (Phi) is 4.24. The van der Waals surface area contributed by atoms with Crippen LogP contribution in [0, 0.1) is 6.92 Å². The van der Waals surface area contributed by atoms with E-state index < -0.39 is 0 Å². The maximum absolute atomic E-state index is 11.7. The van der Waals surface area contributed by atoms with Crippen molar-refractivity contribution in [3.05, 3.63) is 29.6 Å². The third-order valence-electron chi connectivity index (χ3n) is 2.10. The first-order chi connectivity index (χ1) is 7.11. The average Bonchev–Trinajstić information content (AvgIpc) is 2.17. The van der Waals surface area contributed by atoms with Crippen LogP contribution >= 0.6 is 0 Å². The highest BCUT2D eigenvalue weighted by atomic mass is 16.1. The lowest BCUT2D eigenvalue weighted by Crippen LogP contribution is -2.31. The Balaban J connectivity index is 2.51. The van der Waals surface area contributed by atoms with Gasteiger partial charge in [-0.15, -0.1) is 0 Å². The predicted molar refractivity (Wildman–Crippen MR) is 59.9 cm³/mol. The van der Waals surface area contributed by atoms with E-state index in [0.717, 1.165) is 12.2 Å². The van der Waals surface area contributed by atoms with Crippen LogP contribution < -0.4 is 5.32 Å². The number of likely N-dealkylation sites (N-methyl/N-ethyl adjacent to an activating group) is 1. The first-order valence-corrected chi connectivity index (χ1v) is 4.96. The number of pyridine rings is 1. The van der Waals surface area contributed by atoms with E-state index in [9.17, 15) is 4.79 Å². The molecule has 1 rings (SSSR count). The minimum Gasteiger partial charge on any atom is -0.351 e. The van der Waals surface area contributed by atoms with Gasteiger partial charge in [0.2, 0.25) is 0 Å². The highest BCUT2D eigenvalue weighted by molar-refractivity contribution is 5.95. The van der Waals surface area contributed by atoms with E-state index in [-0.39, 0.29) is 5.91 Å². The molecule has 0 radical (unpaired) electrons. The Labute approximate surface area is 90.3 Å². The molecule has 1 N–H and O–H groups in total. The van der Waals surface area contributed by atoms with Crippen molar-refractivity contribution in [2.75, 3.05) is 27.2 Å². The van der Waals surface area contributed by atoms with Crippen LogP contribution in [0.5, 0.6) is 0 Å². The standard InChI is InChI=1S/C11H17N3O/c1-9-10(5-4-6-12-9)11(15)13-7-8-14(2)3/h4-6H,7-8H2,1-3H3,(H,13,15). The third kappa shape index (κ3) is 3.67. The summed E-state index contributed by atoms with van der Waals surface area (Å²) in [6.07, 6.45) is 1.69. The Morgan fingerprint density at radius 1 is 1.53 bits per heavy atom. The van der Waals surface area contributed by atoms with Crippen LogP contribution in [0.3, 0.4) is 0 Å². The van der Waals surface area contributed by atoms with Crippen LogP contribution in [0.2, 0.25) is 0 Å². The van der Waals surface area contributed by atoms with E-state index in [1.807, 2.05) is 25.9 Å². The fourth-order valence-corrected chi connectivity index (χ4v) is 1.21. The lowest BCUT2D eigenvalue weighted by Gasteiger charge is -2.10. The first kappa shape index (κ1) is 11.7. The number of nitrogens with one attached hydrogen (secondary N) is 1. The zero-order valence-electron chi connectivity index (χ0n) is 9.45. The molecule has 4 heteroatoms. The van der Waals surface area contributed by atoms with Gasteiger partial charge in [0.15, 0.2) is 0 Å². The molecule has 0 fully saturated rings. The van der Waals surface area contributed by atoms with Crippen molar-refractivity contribution < 1.29 is 4.79 Å². The second kappa shape index (κ2) is 5.46. The van der Waals surface area contributed by atoms with Gasteiger partial charge in [0.05, 0.1) is 5.56 Å². The quantitative estimate of drug-likeness (QED) is 0.789. The topological polar surface area (TPSA) is 45.2 Å². The molecule has 0 bridgehead atoms. The molecule has 1 aromatic rings. The van der Waals surface area contributed by atoms with E-state index in [1.54, 1.807) is 18.3 Å². The smallest absolute Gasteiger partial charge is 0.253 e. The number of carbonyl (C=O) groups excluding carboxylic acids is 1. The summed E-state index contributed by atoms with van der Waals surface area (Å²) < 4.78 is 0. The van der Waals surface area contributed by atoms with Crippen molar-refractivity contribution in [3.63, 3.8) is 0 Å². The third-order valence-corrected chi connectivity index (χ3v) is 2.10. The molecule has 0 saturated carbocycles. The van der Waals surface area contributed by atoms with Gasteiger partial charge in [-0.2, -0.15) is 0 Å². The largest absolute Gasteiger partial charge is 0.351 e. The van der Waals surface area contributed by atoms with Gasteiger partial charge in [0, 0.05) is 25.0 Å². The minimum absolute atomic E-state index is 0.0533. The average molecular weight is 207 g/mol. The molecule has 0 aliphatic heterocycles. The van der Waals surface area contributed by atoms with E-state index in [2.05, 4.69) is 10.3 Å². The molecule has 0 spiro atoms. The van der Waals surface area contributed by atoms with Gasteiger partial charge < -0.3 is 10.2 Å². The molecule has 0 saturated heterocycles. The fourth-order valence-electron chi connectivity index (χ4n) is 1.21. The Morgan fingerprint density at radius 3 is 2.87 bits per heavy atom. The summed E-state index contributed by atoms with van der Waals surface area (Å²) in [5.74, 6) is -0.0533. The second-order valence-corrected chi connectivity index (χ2v) is 3.70. The maximum Gasteiger partial charge on any atom is 0.253 e. The molecular weight excluding hydrogens is 190 g/mol. The number of nitrogens with zero attached hydrogens (tertiary/aromatic N) is 2. The SMILES string of the molecule is Cc1ncccc1C(=O)NCCN(C)C. The van der Waals surface area contributed by atoms with Gasteiger partial charge in [-0.25, -0.2) is 0 Å². The normalized spacial score (nSPS) is 10.4. The summed E-state index contributed by atoms with van der Waals surface area (Å²) in [5, 5.41) is 2.85. The van der Waals surface area contributed by atoms with E-state index in [1.165, 1.54) is 0 Å². The summed E-state index contributed by atoms with van der Waals surface area (Å²) in [7, 11) is 3.95. The zero-order chi connectivity index (χ0) is 11.3. The number of carbonyl (C=O) groups is 1. The molecule has 0 aromatic carbocycles. The fraction of sp³-hybridized carbons (Fsp3) is 0.455. The predicted octanol–water partition coefficient (Wildman–Crippen LogP) is 0.681. The summed E-state index contributed by atoms with van der Waals surface area (Å²) >= 11 is 0. The van der Waals surface area contributed by atoms with Gasteiger partial charge in [0.25, 0.3) is 5.91 Å². The van der Waals surface area contributed by atoms with Crippen molar-refractivity contribution in [1.29, 1.82) is 0 Å². The van der Waals surface area contributed by atoms with Crippen LogP contribution in [0.15, 0.2) is 18.3 Å². The van der Waals surface area contributed by atoms with Crippen molar-refractivity contribution in [2.45, 2.75) is 6.92 Å². The number of rotatable bonds is 4. The highest BCUT2D eigenvalue weighted by Crippen LogP contribution is 2.02. The summed E-state index contributed by atoms with van der Waals surface area (Å²) in [4.78, 5) is 17.8. The van der Waals surface area contributed by atoms with Crippen LogP contribution in [0.4, 0.5) is 0 Å².